The maximum Gasteiger partial charge on any atom is 0.259 e. The number of benzene rings is 3. The summed E-state index contributed by atoms with van der Waals surface area (Å²) in [5.41, 5.74) is 2.41. The van der Waals surface area contributed by atoms with Crippen LogP contribution in [0.3, 0.4) is 0 Å². The van der Waals surface area contributed by atoms with Gasteiger partial charge in [0, 0.05) is 16.9 Å². The van der Waals surface area contributed by atoms with Gasteiger partial charge >= 0.3 is 0 Å². The first-order valence-electron chi connectivity index (χ1n) is 9.16. The minimum Gasteiger partial charge on any atom is -0.507 e. The summed E-state index contributed by atoms with van der Waals surface area (Å²) in [4.78, 5) is 25.1. The second kappa shape index (κ2) is 9.00. The molecule has 0 fully saturated rings. The van der Waals surface area contributed by atoms with Gasteiger partial charge in [0.05, 0.1) is 19.8 Å². The minimum atomic E-state index is -0.450. The molecule has 7 heteroatoms. The maximum absolute atomic E-state index is 12.7. The SMILES string of the molecule is COc1ccc(C(=O)Nc2cc(NC(=O)c3ccccc3O)ccc2C)cc1OC. The third-order valence-electron chi connectivity index (χ3n) is 4.54. The highest BCUT2D eigenvalue weighted by Crippen LogP contribution is 2.28. The number of anilines is 2. The second-order valence-corrected chi connectivity index (χ2v) is 6.52. The molecule has 3 aromatic carbocycles. The molecule has 0 aromatic heterocycles. The normalized spacial score (nSPS) is 10.2. The molecule has 154 valence electrons. The average molecular weight is 406 g/mol. The monoisotopic (exact) mass is 406 g/mol. The van der Waals surface area contributed by atoms with E-state index >= 15 is 0 Å². The predicted octanol–water partition coefficient (Wildman–Crippen LogP) is 4.22. The number of phenolic OH excluding ortho intramolecular Hbond substituents is 1. The van der Waals surface area contributed by atoms with Gasteiger partial charge in [-0.3, -0.25) is 9.59 Å². The largest absolute Gasteiger partial charge is 0.507 e. The predicted molar refractivity (Wildman–Crippen MR) is 115 cm³/mol. The molecule has 0 unspecified atom stereocenters. The lowest BCUT2D eigenvalue weighted by Gasteiger charge is -2.13. The van der Waals surface area contributed by atoms with Gasteiger partial charge < -0.3 is 25.2 Å². The van der Waals surface area contributed by atoms with Gasteiger partial charge in [-0.05, 0) is 55.0 Å². The van der Waals surface area contributed by atoms with Gasteiger partial charge in [-0.1, -0.05) is 18.2 Å². The number of carbonyl (C=O) groups is 2. The zero-order valence-electron chi connectivity index (χ0n) is 16.9. The first kappa shape index (κ1) is 20.7. The van der Waals surface area contributed by atoms with Crippen LogP contribution in [0.2, 0.25) is 0 Å². The average Bonchev–Trinajstić information content (AvgIpc) is 2.75. The Labute approximate surface area is 174 Å². The van der Waals surface area contributed by atoms with Crippen LogP contribution in [0.5, 0.6) is 17.2 Å². The third kappa shape index (κ3) is 4.52. The van der Waals surface area contributed by atoms with Crippen LogP contribution in [0.4, 0.5) is 11.4 Å². The fraction of sp³-hybridized carbons (Fsp3) is 0.130. The molecular weight excluding hydrogens is 384 g/mol. The number of ether oxygens (including phenoxy) is 2. The van der Waals surface area contributed by atoms with Crippen molar-refractivity contribution < 1.29 is 24.2 Å². The summed E-state index contributed by atoms with van der Waals surface area (Å²) in [6.07, 6.45) is 0. The molecule has 7 nitrogen and oxygen atoms in total. The van der Waals surface area contributed by atoms with Gasteiger partial charge in [-0.15, -0.1) is 0 Å². The zero-order chi connectivity index (χ0) is 21.7. The lowest BCUT2D eigenvalue weighted by Crippen LogP contribution is -2.15. The number of methoxy groups -OCH3 is 2. The van der Waals surface area contributed by atoms with E-state index in [1.54, 1.807) is 48.5 Å². The number of phenols is 1. The highest BCUT2D eigenvalue weighted by Gasteiger charge is 2.14. The topological polar surface area (TPSA) is 96.9 Å². The van der Waals surface area contributed by atoms with Crippen LogP contribution in [0, 0.1) is 6.92 Å². The van der Waals surface area contributed by atoms with Gasteiger partial charge in [-0.2, -0.15) is 0 Å². The Bertz CT molecular complexity index is 1090. The Balaban J connectivity index is 1.79. The van der Waals surface area contributed by atoms with Crippen molar-refractivity contribution in [3.8, 4) is 17.2 Å². The summed E-state index contributed by atoms with van der Waals surface area (Å²) in [6.45, 7) is 1.85. The molecule has 2 amide bonds. The van der Waals surface area contributed by atoms with E-state index in [9.17, 15) is 14.7 Å². The van der Waals surface area contributed by atoms with Crippen LogP contribution >= 0.6 is 0 Å². The Morgan fingerprint density at radius 3 is 2.27 bits per heavy atom. The fourth-order valence-corrected chi connectivity index (χ4v) is 2.87. The molecule has 0 aliphatic carbocycles. The molecule has 0 aliphatic heterocycles. The lowest BCUT2D eigenvalue weighted by molar-refractivity contribution is 0.101. The van der Waals surface area contributed by atoms with E-state index in [0.29, 0.717) is 28.4 Å². The van der Waals surface area contributed by atoms with Crippen molar-refractivity contribution in [2.45, 2.75) is 6.92 Å². The van der Waals surface area contributed by atoms with E-state index in [4.69, 9.17) is 9.47 Å². The van der Waals surface area contributed by atoms with Gasteiger partial charge in [0.2, 0.25) is 0 Å². The number of carbonyl (C=O) groups excluding carboxylic acids is 2. The summed E-state index contributed by atoms with van der Waals surface area (Å²) in [5.74, 6) is 0.0890. The van der Waals surface area contributed by atoms with Crippen molar-refractivity contribution in [3.05, 3.63) is 77.4 Å². The Kier molecular flexibility index (Phi) is 6.22. The first-order valence-corrected chi connectivity index (χ1v) is 9.16. The molecule has 0 saturated heterocycles. The molecule has 3 aromatic rings. The van der Waals surface area contributed by atoms with Crippen molar-refractivity contribution in [2.75, 3.05) is 24.9 Å². The number of amides is 2. The number of aryl methyl sites for hydroxylation is 1. The van der Waals surface area contributed by atoms with E-state index < -0.39 is 5.91 Å². The smallest absolute Gasteiger partial charge is 0.259 e. The molecule has 0 heterocycles. The number of para-hydroxylation sites is 1. The van der Waals surface area contributed by atoms with E-state index in [0.717, 1.165) is 5.56 Å². The van der Waals surface area contributed by atoms with Crippen molar-refractivity contribution in [2.24, 2.45) is 0 Å². The van der Waals surface area contributed by atoms with Crippen LogP contribution in [-0.4, -0.2) is 31.1 Å². The zero-order valence-corrected chi connectivity index (χ0v) is 16.9. The molecule has 3 rings (SSSR count). The third-order valence-corrected chi connectivity index (χ3v) is 4.54. The maximum atomic E-state index is 12.7. The molecule has 3 N–H and O–H groups in total. The second-order valence-electron chi connectivity index (χ2n) is 6.52. The number of aromatic hydroxyl groups is 1. The van der Waals surface area contributed by atoms with Crippen LogP contribution in [0.1, 0.15) is 26.3 Å². The van der Waals surface area contributed by atoms with Gasteiger partial charge in [-0.25, -0.2) is 0 Å². The lowest BCUT2D eigenvalue weighted by atomic mass is 10.1. The number of hydrogen-bond acceptors (Lipinski definition) is 5. The molecule has 30 heavy (non-hydrogen) atoms. The Hall–Kier alpha value is -4.00. The number of rotatable bonds is 6. The Morgan fingerprint density at radius 2 is 1.57 bits per heavy atom. The molecular formula is C23H22N2O5. The number of nitrogens with one attached hydrogen (secondary N) is 2. The molecule has 0 aliphatic rings. The summed E-state index contributed by atoms with van der Waals surface area (Å²) in [6, 6.07) is 16.3. The summed E-state index contributed by atoms with van der Waals surface area (Å²) in [5, 5.41) is 15.4. The van der Waals surface area contributed by atoms with E-state index in [1.165, 1.54) is 26.4 Å². The van der Waals surface area contributed by atoms with Crippen molar-refractivity contribution in [1.29, 1.82) is 0 Å². The van der Waals surface area contributed by atoms with Crippen LogP contribution in [0.25, 0.3) is 0 Å². The van der Waals surface area contributed by atoms with Crippen molar-refractivity contribution >= 4 is 23.2 Å². The molecule has 0 atom stereocenters. The standard InChI is InChI=1S/C23H22N2O5/c1-14-8-10-16(24-23(28)17-6-4-5-7-19(17)26)13-18(14)25-22(27)15-9-11-20(29-2)21(12-15)30-3/h4-13,26H,1-3H3,(H,24,28)(H,25,27). The number of hydrogen-bond donors (Lipinski definition) is 3. The summed E-state index contributed by atoms with van der Waals surface area (Å²) in [7, 11) is 3.02. The van der Waals surface area contributed by atoms with Gasteiger partial charge in [0.1, 0.15) is 5.75 Å². The molecule has 0 radical (unpaired) electrons. The van der Waals surface area contributed by atoms with E-state index in [2.05, 4.69) is 10.6 Å². The van der Waals surface area contributed by atoms with Crippen molar-refractivity contribution in [3.63, 3.8) is 0 Å². The van der Waals surface area contributed by atoms with E-state index in [-0.39, 0.29) is 17.2 Å². The molecule has 0 spiro atoms. The molecule has 0 bridgehead atoms. The fourth-order valence-electron chi connectivity index (χ4n) is 2.87. The Morgan fingerprint density at radius 1 is 0.833 bits per heavy atom. The van der Waals surface area contributed by atoms with Gasteiger partial charge in [0.25, 0.3) is 11.8 Å². The van der Waals surface area contributed by atoms with Gasteiger partial charge in [0.15, 0.2) is 11.5 Å². The minimum absolute atomic E-state index is 0.107. The summed E-state index contributed by atoms with van der Waals surface area (Å²) < 4.78 is 10.4. The van der Waals surface area contributed by atoms with Crippen LogP contribution in [0.15, 0.2) is 60.7 Å². The highest BCUT2D eigenvalue weighted by atomic mass is 16.5. The van der Waals surface area contributed by atoms with Crippen molar-refractivity contribution in [1.82, 2.24) is 0 Å². The molecule has 0 saturated carbocycles. The quantitative estimate of drug-likeness (QED) is 0.569. The van der Waals surface area contributed by atoms with Crippen LogP contribution < -0.4 is 20.1 Å². The first-order chi connectivity index (χ1) is 14.4. The van der Waals surface area contributed by atoms with E-state index in [1.807, 2.05) is 6.92 Å². The highest BCUT2D eigenvalue weighted by molar-refractivity contribution is 6.07. The van der Waals surface area contributed by atoms with Crippen LogP contribution in [-0.2, 0) is 0 Å². The summed E-state index contributed by atoms with van der Waals surface area (Å²) >= 11 is 0.